The number of hydrogen-bond acceptors (Lipinski definition) is 2. The summed E-state index contributed by atoms with van der Waals surface area (Å²) in [5, 5.41) is 8.44. The van der Waals surface area contributed by atoms with E-state index in [1.165, 1.54) is 0 Å². The molecule has 0 saturated heterocycles. The Morgan fingerprint density at radius 2 is 2.14 bits per heavy atom. The third kappa shape index (κ3) is 3.00. The zero-order valence-corrected chi connectivity index (χ0v) is 9.97. The summed E-state index contributed by atoms with van der Waals surface area (Å²) in [5.41, 5.74) is 0.892. The van der Waals surface area contributed by atoms with E-state index >= 15 is 0 Å². The van der Waals surface area contributed by atoms with Crippen molar-refractivity contribution < 1.29 is 0 Å². The Morgan fingerprint density at radius 1 is 1.50 bits per heavy atom. The minimum atomic E-state index is 0.337. The monoisotopic (exact) mass is 215 g/mol. The van der Waals surface area contributed by atoms with Gasteiger partial charge in [0.15, 0.2) is 0 Å². The van der Waals surface area contributed by atoms with Gasteiger partial charge in [0.05, 0.1) is 16.8 Å². The molecule has 1 unspecified atom stereocenters. The van der Waals surface area contributed by atoms with Crippen molar-refractivity contribution in [3.05, 3.63) is 16.9 Å². The van der Waals surface area contributed by atoms with Gasteiger partial charge in [-0.3, -0.25) is 4.68 Å². The normalized spacial score (nSPS) is 13.6. The third-order valence-electron chi connectivity index (χ3n) is 2.13. The molecule has 3 nitrogen and oxygen atoms in total. The molecule has 0 bridgehead atoms. The Bertz CT molecular complexity index is 274. The van der Waals surface area contributed by atoms with Crippen LogP contribution in [0.2, 0.25) is 5.02 Å². The first-order chi connectivity index (χ1) is 6.50. The number of halogens is 1. The highest BCUT2D eigenvalue weighted by molar-refractivity contribution is 6.31. The van der Waals surface area contributed by atoms with Crippen molar-refractivity contribution >= 4 is 11.6 Å². The van der Waals surface area contributed by atoms with Gasteiger partial charge >= 0.3 is 0 Å². The van der Waals surface area contributed by atoms with Crippen LogP contribution in [0.3, 0.4) is 0 Å². The highest BCUT2D eigenvalue weighted by Gasteiger charge is 2.08. The van der Waals surface area contributed by atoms with E-state index in [0.29, 0.717) is 12.1 Å². The number of aryl methyl sites for hydroxylation is 1. The summed E-state index contributed by atoms with van der Waals surface area (Å²) in [5.74, 6) is 0. The Labute approximate surface area is 90.4 Å². The van der Waals surface area contributed by atoms with Gasteiger partial charge in [0.25, 0.3) is 0 Å². The molecule has 0 fully saturated rings. The van der Waals surface area contributed by atoms with Crippen LogP contribution in [0.1, 0.15) is 32.5 Å². The van der Waals surface area contributed by atoms with Crippen LogP contribution in [0.4, 0.5) is 0 Å². The number of nitrogens with one attached hydrogen (secondary N) is 1. The van der Waals surface area contributed by atoms with Gasteiger partial charge in [-0.05, 0) is 13.8 Å². The van der Waals surface area contributed by atoms with Gasteiger partial charge < -0.3 is 5.32 Å². The molecule has 1 heterocycles. The quantitative estimate of drug-likeness (QED) is 0.836. The predicted octanol–water partition coefficient (Wildman–Crippen LogP) is 2.40. The topological polar surface area (TPSA) is 29.9 Å². The molecule has 0 aliphatic rings. The average Bonchev–Trinajstić information content (AvgIpc) is 2.43. The molecule has 0 spiro atoms. The second-order valence-corrected chi connectivity index (χ2v) is 4.36. The van der Waals surface area contributed by atoms with E-state index in [4.69, 9.17) is 11.6 Å². The van der Waals surface area contributed by atoms with E-state index in [0.717, 1.165) is 17.3 Å². The summed E-state index contributed by atoms with van der Waals surface area (Å²) in [6.45, 7) is 9.22. The molecule has 1 rings (SSSR count). The van der Waals surface area contributed by atoms with Crippen LogP contribution < -0.4 is 5.32 Å². The van der Waals surface area contributed by atoms with Crippen LogP contribution in [0.25, 0.3) is 0 Å². The molecule has 0 aliphatic carbocycles. The molecule has 1 aromatic heterocycles. The molecular weight excluding hydrogens is 198 g/mol. The Kier molecular flexibility index (Phi) is 3.96. The van der Waals surface area contributed by atoms with Crippen LogP contribution in [0, 0.1) is 6.92 Å². The van der Waals surface area contributed by atoms with Crippen LogP contribution in [-0.4, -0.2) is 22.4 Å². The van der Waals surface area contributed by atoms with E-state index in [-0.39, 0.29) is 0 Å². The molecule has 0 amide bonds. The lowest BCUT2D eigenvalue weighted by molar-refractivity contribution is 0.432. The SMILES string of the molecule is Cc1nn(C(C)CNC(C)C)cc1Cl. The average molecular weight is 216 g/mol. The molecule has 1 N–H and O–H groups in total. The molecule has 1 atom stereocenters. The first kappa shape index (κ1) is 11.5. The molecule has 0 aliphatic heterocycles. The van der Waals surface area contributed by atoms with Crippen molar-refractivity contribution in [3.63, 3.8) is 0 Å². The summed E-state index contributed by atoms with van der Waals surface area (Å²) >= 11 is 5.93. The van der Waals surface area contributed by atoms with Crippen molar-refractivity contribution in [2.24, 2.45) is 0 Å². The van der Waals surface area contributed by atoms with Crippen LogP contribution in [0.5, 0.6) is 0 Å². The van der Waals surface area contributed by atoms with E-state index in [1.54, 1.807) is 0 Å². The third-order valence-corrected chi connectivity index (χ3v) is 2.50. The lowest BCUT2D eigenvalue weighted by Crippen LogP contribution is -2.29. The lowest BCUT2D eigenvalue weighted by atomic mass is 10.3. The summed E-state index contributed by atoms with van der Waals surface area (Å²) in [6.07, 6.45) is 1.88. The maximum atomic E-state index is 5.93. The molecule has 4 heteroatoms. The molecule has 1 aromatic rings. The van der Waals surface area contributed by atoms with Crippen molar-refractivity contribution in [1.82, 2.24) is 15.1 Å². The van der Waals surface area contributed by atoms with Crippen LogP contribution in [-0.2, 0) is 0 Å². The Morgan fingerprint density at radius 3 is 2.57 bits per heavy atom. The second-order valence-electron chi connectivity index (χ2n) is 3.95. The second kappa shape index (κ2) is 4.80. The largest absolute Gasteiger partial charge is 0.312 e. The maximum Gasteiger partial charge on any atom is 0.0815 e. The van der Waals surface area contributed by atoms with Gasteiger partial charge in [0.1, 0.15) is 0 Å². The first-order valence-electron chi connectivity index (χ1n) is 4.95. The minimum absolute atomic E-state index is 0.337. The van der Waals surface area contributed by atoms with Crippen molar-refractivity contribution in [1.29, 1.82) is 0 Å². The highest BCUT2D eigenvalue weighted by Crippen LogP contribution is 2.15. The zero-order chi connectivity index (χ0) is 10.7. The summed E-state index contributed by atoms with van der Waals surface area (Å²) in [6, 6.07) is 0.841. The zero-order valence-electron chi connectivity index (χ0n) is 9.21. The van der Waals surface area contributed by atoms with E-state index in [2.05, 4.69) is 31.2 Å². The molecule has 0 radical (unpaired) electrons. The molecule has 14 heavy (non-hydrogen) atoms. The highest BCUT2D eigenvalue weighted by atomic mass is 35.5. The predicted molar refractivity (Wildman–Crippen MR) is 59.8 cm³/mol. The molecular formula is C10H18ClN3. The van der Waals surface area contributed by atoms with Crippen LogP contribution >= 0.6 is 11.6 Å². The van der Waals surface area contributed by atoms with Gasteiger partial charge in [-0.15, -0.1) is 0 Å². The molecule has 0 aromatic carbocycles. The number of nitrogens with zero attached hydrogens (tertiary/aromatic N) is 2. The summed E-state index contributed by atoms with van der Waals surface area (Å²) in [7, 11) is 0. The van der Waals surface area contributed by atoms with Gasteiger partial charge in [0.2, 0.25) is 0 Å². The van der Waals surface area contributed by atoms with E-state index < -0.39 is 0 Å². The number of rotatable bonds is 4. The Hall–Kier alpha value is -0.540. The van der Waals surface area contributed by atoms with E-state index in [1.807, 2.05) is 17.8 Å². The summed E-state index contributed by atoms with van der Waals surface area (Å²) in [4.78, 5) is 0. The molecule has 0 saturated carbocycles. The van der Waals surface area contributed by atoms with Gasteiger partial charge in [0, 0.05) is 18.8 Å². The van der Waals surface area contributed by atoms with Crippen molar-refractivity contribution in [2.75, 3.05) is 6.54 Å². The summed E-state index contributed by atoms with van der Waals surface area (Å²) < 4.78 is 1.91. The number of aromatic nitrogens is 2. The van der Waals surface area contributed by atoms with Gasteiger partial charge in [-0.1, -0.05) is 25.4 Å². The lowest BCUT2D eigenvalue weighted by Gasteiger charge is -2.15. The number of hydrogen-bond donors (Lipinski definition) is 1. The minimum Gasteiger partial charge on any atom is -0.312 e. The van der Waals surface area contributed by atoms with Gasteiger partial charge in [-0.2, -0.15) is 5.10 Å². The standard InChI is InChI=1S/C10H18ClN3/c1-7(2)12-5-8(3)14-6-10(11)9(4)13-14/h6-8,12H,5H2,1-4H3. The fourth-order valence-electron chi connectivity index (χ4n) is 1.18. The maximum absolute atomic E-state index is 5.93. The van der Waals surface area contributed by atoms with Gasteiger partial charge in [-0.25, -0.2) is 0 Å². The van der Waals surface area contributed by atoms with Crippen LogP contribution in [0.15, 0.2) is 6.20 Å². The Balaban J connectivity index is 2.56. The first-order valence-corrected chi connectivity index (χ1v) is 5.33. The smallest absolute Gasteiger partial charge is 0.0815 e. The fraction of sp³-hybridized carbons (Fsp3) is 0.700. The van der Waals surface area contributed by atoms with Crippen molar-refractivity contribution in [2.45, 2.75) is 39.8 Å². The van der Waals surface area contributed by atoms with Crippen molar-refractivity contribution in [3.8, 4) is 0 Å². The molecule has 80 valence electrons. The van der Waals surface area contributed by atoms with E-state index in [9.17, 15) is 0 Å². The fourth-order valence-corrected chi connectivity index (χ4v) is 1.32.